The molecule has 2 aliphatic heterocycles. The summed E-state index contributed by atoms with van der Waals surface area (Å²) in [7, 11) is 0. The lowest BCUT2D eigenvalue weighted by Crippen LogP contribution is -2.25. The van der Waals surface area contributed by atoms with Crippen LogP contribution >= 0.6 is 0 Å². The number of esters is 2. The maximum Gasteiger partial charge on any atom is 0.338 e. The molecule has 0 aromatic heterocycles. The molecule has 2 N–H and O–H groups in total. The van der Waals surface area contributed by atoms with Crippen LogP contribution in [-0.2, 0) is 18.9 Å². The molecule has 14 heteroatoms. The van der Waals surface area contributed by atoms with Crippen LogP contribution in [0.5, 0.6) is 34.5 Å². The zero-order valence-electron chi connectivity index (χ0n) is 39.3. The Balaban J connectivity index is 0.616. The van der Waals surface area contributed by atoms with E-state index in [0.29, 0.717) is 70.7 Å². The molecular weight excluding hydrogens is 897 g/mol. The third-order valence-corrected chi connectivity index (χ3v) is 13.0. The predicted octanol–water partition coefficient (Wildman–Crippen LogP) is 8.65. The van der Waals surface area contributed by atoms with Crippen molar-refractivity contribution in [1.29, 1.82) is 0 Å². The van der Waals surface area contributed by atoms with E-state index in [1.165, 1.54) is 11.1 Å². The van der Waals surface area contributed by atoms with Crippen molar-refractivity contribution >= 4 is 11.9 Å². The zero-order chi connectivity index (χ0) is 48.1. The number of carbonyl (C=O) groups is 2. The first kappa shape index (κ1) is 48.7. The van der Waals surface area contributed by atoms with Gasteiger partial charge in [0.15, 0.2) is 0 Å². The number of rotatable bonds is 24. The van der Waals surface area contributed by atoms with Crippen LogP contribution in [0.15, 0.2) is 121 Å². The molecule has 5 aromatic rings. The van der Waals surface area contributed by atoms with Crippen molar-refractivity contribution in [2.75, 3.05) is 52.9 Å². The lowest BCUT2D eigenvalue weighted by atomic mass is 9.83. The first-order valence-corrected chi connectivity index (χ1v) is 24.5. The highest BCUT2D eigenvalue weighted by Crippen LogP contribution is 2.37. The zero-order valence-corrected chi connectivity index (χ0v) is 39.3. The molecule has 0 spiro atoms. The first-order valence-electron chi connectivity index (χ1n) is 24.5. The van der Waals surface area contributed by atoms with Gasteiger partial charge in [-0.15, -0.1) is 0 Å². The Morgan fingerprint density at radius 3 is 1.13 bits per heavy atom. The minimum absolute atomic E-state index is 0.0149. The molecule has 4 unspecified atom stereocenters. The van der Waals surface area contributed by atoms with Crippen molar-refractivity contribution in [3.63, 3.8) is 0 Å². The Bertz CT molecular complexity index is 2240. The molecular formula is C56H62O14. The van der Waals surface area contributed by atoms with E-state index in [1.807, 2.05) is 24.3 Å². The van der Waals surface area contributed by atoms with Gasteiger partial charge in [0.05, 0.1) is 24.3 Å². The largest absolute Gasteiger partial charge is 0.491 e. The van der Waals surface area contributed by atoms with E-state index >= 15 is 0 Å². The summed E-state index contributed by atoms with van der Waals surface area (Å²) in [5, 5.41) is 21.3. The summed E-state index contributed by atoms with van der Waals surface area (Å²) in [6.07, 6.45) is 5.24. The highest BCUT2D eigenvalue weighted by atomic mass is 16.6. The molecule has 370 valence electrons. The van der Waals surface area contributed by atoms with Crippen molar-refractivity contribution in [2.45, 2.75) is 99.8 Å². The summed E-state index contributed by atoms with van der Waals surface area (Å²) in [5.41, 5.74) is 3.44. The molecule has 14 nitrogen and oxygen atoms in total. The molecule has 2 saturated carbocycles. The molecule has 2 heterocycles. The van der Waals surface area contributed by atoms with Gasteiger partial charge < -0.3 is 57.6 Å². The van der Waals surface area contributed by atoms with Crippen LogP contribution in [0.3, 0.4) is 0 Å². The van der Waals surface area contributed by atoms with Crippen LogP contribution in [0.4, 0.5) is 0 Å². The van der Waals surface area contributed by atoms with Crippen molar-refractivity contribution < 1.29 is 67.2 Å². The average Bonchev–Trinajstić information content (AvgIpc) is 4.36. The van der Waals surface area contributed by atoms with E-state index in [2.05, 4.69) is 24.3 Å². The number of aliphatic hydroxyl groups is 2. The Morgan fingerprint density at radius 2 is 0.771 bits per heavy atom. The van der Waals surface area contributed by atoms with Crippen LogP contribution in [-0.4, -0.2) is 112 Å². The fourth-order valence-corrected chi connectivity index (χ4v) is 8.74. The van der Waals surface area contributed by atoms with E-state index in [-0.39, 0.29) is 62.8 Å². The highest BCUT2D eigenvalue weighted by Gasteiger charge is 2.28. The molecule has 0 radical (unpaired) electrons. The monoisotopic (exact) mass is 958 g/mol. The SMILES string of the molecule is O=C(O[C@H]1CC[C@H](c2ccc(OCC(O)COc3cccc(OCC(O)COc4ccc([C@H]5CC[C@H](OC(=O)c6ccc(OCC7CO7)cc6)CC5)cc4)c3)cc2)CC1)c1ccc(OCC2CO2)cc1. The minimum atomic E-state index is -0.875. The van der Waals surface area contributed by atoms with E-state index in [1.54, 1.807) is 72.8 Å². The normalized spacial score (nSPS) is 22.4. The molecule has 0 bridgehead atoms. The quantitative estimate of drug-likeness (QED) is 0.0444. The molecule has 5 aromatic carbocycles. The number of hydrogen-bond acceptors (Lipinski definition) is 14. The van der Waals surface area contributed by atoms with Crippen LogP contribution in [0, 0.1) is 0 Å². The summed E-state index contributed by atoms with van der Waals surface area (Å²) in [5.74, 6) is 3.84. The van der Waals surface area contributed by atoms with Crippen LogP contribution < -0.4 is 28.4 Å². The second-order valence-electron chi connectivity index (χ2n) is 18.5. The Kier molecular flexibility index (Phi) is 16.7. The van der Waals surface area contributed by atoms with E-state index in [4.69, 9.17) is 47.4 Å². The number of carbonyl (C=O) groups excluding carboxylic acids is 2. The molecule has 4 atom stereocenters. The lowest BCUT2D eigenvalue weighted by Gasteiger charge is -2.28. The Hall–Kier alpha value is -6.32. The molecule has 70 heavy (non-hydrogen) atoms. The summed E-state index contributed by atoms with van der Waals surface area (Å²) in [6.45, 7) is 2.64. The summed E-state index contributed by atoms with van der Waals surface area (Å²) in [4.78, 5) is 25.5. The van der Waals surface area contributed by atoms with Crippen LogP contribution in [0.2, 0.25) is 0 Å². The van der Waals surface area contributed by atoms with Crippen molar-refractivity contribution in [2.24, 2.45) is 0 Å². The second kappa shape index (κ2) is 24.0. The Labute approximate surface area is 408 Å². The van der Waals surface area contributed by atoms with Gasteiger partial charge in [-0.05, 0) is 159 Å². The third kappa shape index (κ3) is 14.8. The van der Waals surface area contributed by atoms with E-state index < -0.39 is 12.2 Å². The topological polar surface area (TPSA) is 174 Å². The summed E-state index contributed by atoms with van der Waals surface area (Å²) in [6, 6.07) is 37.0. The Morgan fingerprint density at radius 1 is 0.443 bits per heavy atom. The second-order valence-corrected chi connectivity index (χ2v) is 18.5. The van der Waals surface area contributed by atoms with Crippen LogP contribution in [0.1, 0.15) is 95.0 Å². The van der Waals surface area contributed by atoms with Gasteiger partial charge in [-0.1, -0.05) is 30.3 Å². The van der Waals surface area contributed by atoms with Gasteiger partial charge >= 0.3 is 11.9 Å². The van der Waals surface area contributed by atoms with E-state index in [0.717, 1.165) is 64.6 Å². The van der Waals surface area contributed by atoms with Gasteiger partial charge in [0, 0.05) is 6.07 Å². The van der Waals surface area contributed by atoms with Gasteiger partial charge in [-0.3, -0.25) is 0 Å². The van der Waals surface area contributed by atoms with Gasteiger partial charge in [-0.25, -0.2) is 9.59 Å². The highest BCUT2D eigenvalue weighted by molar-refractivity contribution is 5.90. The molecule has 4 aliphatic rings. The van der Waals surface area contributed by atoms with Crippen molar-refractivity contribution in [3.05, 3.63) is 144 Å². The number of aliphatic hydroxyl groups excluding tert-OH is 2. The first-order chi connectivity index (χ1) is 34.2. The number of ether oxygens (including phenoxy) is 10. The average molecular weight is 959 g/mol. The number of hydrogen-bond donors (Lipinski definition) is 2. The van der Waals surface area contributed by atoms with E-state index in [9.17, 15) is 19.8 Å². The maximum atomic E-state index is 12.8. The molecule has 2 aliphatic carbocycles. The fraction of sp³-hybridized carbons (Fsp3) is 0.429. The minimum Gasteiger partial charge on any atom is -0.491 e. The smallest absolute Gasteiger partial charge is 0.338 e. The molecule has 4 fully saturated rings. The van der Waals surface area contributed by atoms with Crippen molar-refractivity contribution in [3.8, 4) is 34.5 Å². The van der Waals surface area contributed by atoms with Gasteiger partial charge in [0.25, 0.3) is 0 Å². The molecule has 2 saturated heterocycles. The van der Waals surface area contributed by atoms with Gasteiger partial charge in [0.1, 0.15) is 111 Å². The molecule has 0 amide bonds. The van der Waals surface area contributed by atoms with Gasteiger partial charge in [0.2, 0.25) is 0 Å². The standard InChI is InChI=1S/C56H62O14/c57-43(29-61-45-16-4-37(5-17-45)39-8-24-49(25-9-39)69-55(59)41-12-20-47(21-13-41)65-33-53-35-67-53)31-63-51-2-1-3-52(28-51)64-32-44(58)30-62-46-18-6-38(7-19-46)40-10-26-50(27-11-40)70-56(60)42-14-22-48(23-15-42)66-34-54-36-68-54/h1-7,12-23,28,39-40,43-44,49-50,53-54,57-58H,8-11,24-27,29-36H2/t39-,40-,43?,44?,49-,50-,53?,54?. The lowest BCUT2D eigenvalue weighted by molar-refractivity contribution is 0.0186. The maximum absolute atomic E-state index is 12.8. The van der Waals surface area contributed by atoms with Crippen molar-refractivity contribution in [1.82, 2.24) is 0 Å². The molecule has 9 rings (SSSR count). The van der Waals surface area contributed by atoms with Gasteiger partial charge in [-0.2, -0.15) is 0 Å². The summed E-state index contributed by atoms with van der Waals surface area (Å²) < 4.78 is 56.7. The number of benzene rings is 5. The number of epoxide rings is 2. The van der Waals surface area contributed by atoms with Crippen LogP contribution in [0.25, 0.3) is 0 Å². The third-order valence-electron chi connectivity index (χ3n) is 13.0. The fourth-order valence-electron chi connectivity index (χ4n) is 8.74. The summed E-state index contributed by atoms with van der Waals surface area (Å²) >= 11 is 0. The predicted molar refractivity (Wildman–Crippen MR) is 257 cm³/mol.